The van der Waals surface area contributed by atoms with E-state index in [0.717, 1.165) is 31.5 Å². The van der Waals surface area contributed by atoms with E-state index >= 15 is 0 Å². The van der Waals surface area contributed by atoms with Crippen molar-refractivity contribution >= 4 is 17.7 Å². The van der Waals surface area contributed by atoms with Gasteiger partial charge in [0.25, 0.3) is 5.91 Å². The molecule has 1 heterocycles. The van der Waals surface area contributed by atoms with Crippen molar-refractivity contribution in [1.82, 2.24) is 15.5 Å². The van der Waals surface area contributed by atoms with Gasteiger partial charge in [0.05, 0.1) is 6.54 Å². The molecule has 1 atom stereocenters. The third-order valence-corrected chi connectivity index (χ3v) is 4.63. The maximum Gasteiger partial charge on any atom is 0.251 e. The van der Waals surface area contributed by atoms with Crippen LogP contribution in [0.3, 0.4) is 0 Å². The molecule has 0 saturated carbocycles. The molecule has 2 N–H and O–H groups in total. The average molecular weight is 359 g/mol. The molecule has 0 spiro atoms. The van der Waals surface area contributed by atoms with E-state index in [-0.39, 0.29) is 29.7 Å². The Labute approximate surface area is 155 Å². The van der Waals surface area contributed by atoms with Gasteiger partial charge in [0.2, 0.25) is 11.8 Å². The van der Waals surface area contributed by atoms with E-state index in [1.54, 1.807) is 24.0 Å². The second-order valence-electron chi connectivity index (χ2n) is 7.83. The lowest BCUT2D eigenvalue weighted by Gasteiger charge is -2.19. The van der Waals surface area contributed by atoms with Crippen LogP contribution in [-0.4, -0.2) is 48.3 Å². The Kier molecular flexibility index (Phi) is 6.40. The molecule has 1 aliphatic heterocycles. The van der Waals surface area contributed by atoms with Crippen LogP contribution in [0.2, 0.25) is 0 Å². The molecule has 1 aliphatic rings. The van der Waals surface area contributed by atoms with Crippen molar-refractivity contribution in [2.75, 3.05) is 19.6 Å². The molecule has 1 fully saturated rings. The Bertz CT molecular complexity index is 656. The summed E-state index contributed by atoms with van der Waals surface area (Å²) in [4.78, 5) is 38.1. The monoisotopic (exact) mass is 359 g/mol. The van der Waals surface area contributed by atoms with Gasteiger partial charge in [0.1, 0.15) is 6.04 Å². The summed E-state index contributed by atoms with van der Waals surface area (Å²) in [5.74, 6) is -0.747. The molecule has 0 aromatic heterocycles. The van der Waals surface area contributed by atoms with Crippen molar-refractivity contribution in [2.45, 2.75) is 52.0 Å². The van der Waals surface area contributed by atoms with Crippen molar-refractivity contribution in [1.29, 1.82) is 0 Å². The van der Waals surface area contributed by atoms with E-state index in [4.69, 9.17) is 0 Å². The summed E-state index contributed by atoms with van der Waals surface area (Å²) in [5, 5.41) is 5.27. The van der Waals surface area contributed by atoms with Crippen molar-refractivity contribution in [3.63, 3.8) is 0 Å². The summed E-state index contributed by atoms with van der Waals surface area (Å²) in [7, 11) is 0. The number of amides is 3. The van der Waals surface area contributed by atoms with E-state index in [1.807, 2.05) is 12.1 Å². The number of benzene rings is 1. The van der Waals surface area contributed by atoms with Crippen LogP contribution in [0, 0.1) is 0 Å². The number of carbonyl (C=O) groups is 3. The average Bonchev–Trinajstić information content (AvgIpc) is 3.13. The molecule has 1 saturated heterocycles. The molecule has 1 unspecified atom stereocenters. The Morgan fingerprint density at radius 2 is 1.65 bits per heavy atom. The van der Waals surface area contributed by atoms with Crippen LogP contribution >= 0.6 is 0 Å². The van der Waals surface area contributed by atoms with Gasteiger partial charge in [-0.05, 0) is 42.9 Å². The summed E-state index contributed by atoms with van der Waals surface area (Å²) in [6.07, 6.45) is 2.03. The van der Waals surface area contributed by atoms with Crippen molar-refractivity contribution in [3.05, 3.63) is 35.4 Å². The second kappa shape index (κ2) is 8.34. The predicted molar refractivity (Wildman–Crippen MR) is 101 cm³/mol. The summed E-state index contributed by atoms with van der Waals surface area (Å²) in [5.41, 5.74) is 1.66. The number of carbonyl (C=O) groups excluding carboxylic acids is 3. The highest BCUT2D eigenvalue weighted by Gasteiger charge is 2.21. The van der Waals surface area contributed by atoms with Gasteiger partial charge in [-0.1, -0.05) is 32.9 Å². The zero-order valence-corrected chi connectivity index (χ0v) is 16.1. The highest BCUT2D eigenvalue weighted by molar-refractivity contribution is 5.98. The van der Waals surface area contributed by atoms with E-state index < -0.39 is 6.04 Å². The second-order valence-corrected chi connectivity index (χ2v) is 7.83. The van der Waals surface area contributed by atoms with Crippen LogP contribution in [0.1, 0.15) is 56.5 Å². The minimum atomic E-state index is -0.712. The number of rotatable bonds is 5. The first-order valence-electron chi connectivity index (χ1n) is 9.15. The topological polar surface area (TPSA) is 78.5 Å². The summed E-state index contributed by atoms with van der Waals surface area (Å²) in [6.45, 7) is 9.42. The minimum absolute atomic E-state index is 0.0179. The van der Waals surface area contributed by atoms with Crippen LogP contribution in [0.25, 0.3) is 0 Å². The summed E-state index contributed by atoms with van der Waals surface area (Å²) < 4.78 is 0. The zero-order valence-electron chi connectivity index (χ0n) is 16.1. The van der Waals surface area contributed by atoms with Gasteiger partial charge in [-0.2, -0.15) is 0 Å². The van der Waals surface area contributed by atoms with Crippen LogP contribution in [0.15, 0.2) is 24.3 Å². The first-order valence-corrected chi connectivity index (χ1v) is 9.15. The molecule has 0 aliphatic carbocycles. The van der Waals surface area contributed by atoms with Gasteiger partial charge in [-0.15, -0.1) is 0 Å². The molecule has 0 radical (unpaired) electrons. The fourth-order valence-electron chi connectivity index (χ4n) is 2.86. The number of hydrogen-bond acceptors (Lipinski definition) is 3. The fourth-order valence-corrected chi connectivity index (χ4v) is 2.86. The normalized spacial score (nSPS) is 15.5. The zero-order chi connectivity index (χ0) is 19.3. The van der Waals surface area contributed by atoms with E-state index in [1.165, 1.54) is 0 Å². The van der Waals surface area contributed by atoms with Gasteiger partial charge in [-0.25, -0.2) is 0 Å². The van der Waals surface area contributed by atoms with Crippen molar-refractivity contribution in [2.24, 2.45) is 0 Å². The van der Waals surface area contributed by atoms with Gasteiger partial charge >= 0.3 is 0 Å². The van der Waals surface area contributed by atoms with Crippen LogP contribution in [0.5, 0.6) is 0 Å². The molecule has 3 amide bonds. The molecule has 1 aromatic carbocycles. The Morgan fingerprint density at radius 1 is 1.08 bits per heavy atom. The van der Waals surface area contributed by atoms with Gasteiger partial charge in [0, 0.05) is 18.7 Å². The minimum Gasteiger partial charge on any atom is -0.345 e. The van der Waals surface area contributed by atoms with Gasteiger partial charge in [0.15, 0.2) is 0 Å². The SMILES string of the molecule is CC(NC(=O)c1ccc(C(C)(C)C)cc1)C(=O)NCC(=O)N1CCCC1. The molecule has 26 heavy (non-hydrogen) atoms. The molecule has 2 rings (SSSR count). The smallest absolute Gasteiger partial charge is 0.251 e. The number of nitrogens with one attached hydrogen (secondary N) is 2. The van der Waals surface area contributed by atoms with Crippen molar-refractivity contribution in [3.8, 4) is 0 Å². The lowest BCUT2D eigenvalue weighted by Crippen LogP contribution is -2.47. The van der Waals surface area contributed by atoms with E-state index in [9.17, 15) is 14.4 Å². The molecular formula is C20H29N3O3. The molecule has 1 aromatic rings. The Hall–Kier alpha value is -2.37. The number of nitrogens with zero attached hydrogens (tertiary/aromatic N) is 1. The molecular weight excluding hydrogens is 330 g/mol. The molecule has 6 heteroatoms. The number of likely N-dealkylation sites (tertiary alicyclic amines) is 1. The number of hydrogen-bond donors (Lipinski definition) is 2. The predicted octanol–water partition coefficient (Wildman–Crippen LogP) is 1.84. The van der Waals surface area contributed by atoms with Crippen LogP contribution in [0.4, 0.5) is 0 Å². The standard InChI is InChI=1S/C20H29N3O3/c1-14(18(25)21-13-17(24)23-11-5-6-12-23)22-19(26)15-7-9-16(10-8-15)20(2,3)4/h7-10,14H,5-6,11-13H2,1-4H3,(H,21,25)(H,22,26). The third kappa shape index (κ3) is 5.31. The van der Waals surface area contributed by atoms with Crippen LogP contribution < -0.4 is 10.6 Å². The molecule has 142 valence electrons. The van der Waals surface area contributed by atoms with Crippen LogP contribution in [-0.2, 0) is 15.0 Å². The summed E-state index contributed by atoms with van der Waals surface area (Å²) in [6, 6.07) is 6.66. The summed E-state index contributed by atoms with van der Waals surface area (Å²) >= 11 is 0. The van der Waals surface area contributed by atoms with Crippen molar-refractivity contribution < 1.29 is 14.4 Å². The maximum atomic E-state index is 12.3. The van der Waals surface area contributed by atoms with Gasteiger partial charge < -0.3 is 15.5 Å². The van der Waals surface area contributed by atoms with E-state index in [2.05, 4.69) is 31.4 Å². The van der Waals surface area contributed by atoms with Gasteiger partial charge in [-0.3, -0.25) is 14.4 Å². The first kappa shape index (κ1) is 19.9. The quantitative estimate of drug-likeness (QED) is 0.842. The lowest BCUT2D eigenvalue weighted by molar-refractivity contribution is -0.132. The highest BCUT2D eigenvalue weighted by Crippen LogP contribution is 2.22. The molecule has 6 nitrogen and oxygen atoms in total. The highest BCUT2D eigenvalue weighted by atomic mass is 16.2. The molecule has 0 bridgehead atoms. The van der Waals surface area contributed by atoms with E-state index in [0.29, 0.717) is 5.56 Å². The maximum absolute atomic E-state index is 12.3. The Morgan fingerprint density at radius 3 is 2.19 bits per heavy atom. The Balaban J connectivity index is 1.83. The third-order valence-electron chi connectivity index (χ3n) is 4.63. The first-order chi connectivity index (χ1) is 12.2. The fraction of sp³-hybridized carbons (Fsp3) is 0.550. The largest absolute Gasteiger partial charge is 0.345 e. The lowest BCUT2D eigenvalue weighted by atomic mass is 9.86.